The van der Waals surface area contributed by atoms with Crippen LogP contribution in [0.5, 0.6) is 23.0 Å². The molecular formula is C22H23N3O6. The SMILES string of the molecule is COc1cc(OC)cc(-c2nc([C@@H]3CC(=O)N(c4ccc(OC)c(OC)c4)C3)no2)c1. The van der Waals surface area contributed by atoms with Crippen molar-refractivity contribution in [3.8, 4) is 34.5 Å². The molecular weight excluding hydrogens is 402 g/mol. The van der Waals surface area contributed by atoms with Crippen molar-refractivity contribution >= 4 is 11.6 Å². The minimum Gasteiger partial charge on any atom is -0.497 e. The predicted octanol–water partition coefficient (Wildman–Crippen LogP) is 3.29. The highest BCUT2D eigenvalue weighted by molar-refractivity contribution is 5.96. The van der Waals surface area contributed by atoms with Gasteiger partial charge in [0.05, 0.1) is 28.4 Å². The summed E-state index contributed by atoms with van der Waals surface area (Å²) < 4.78 is 26.7. The average molecular weight is 425 g/mol. The molecule has 0 N–H and O–H groups in total. The van der Waals surface area contributed by atoms with E-state index < -0.39 is 0 Å². The van der Waals surface area contributed by atoms with Gasteiger partial charge in [0, 0.05) is 42.3 Å². The summed E-state index contributed by atoms with van der Waals surface area (Å²) in [4.78, 5) is 18.9. The van der Waals surface area contributed by atoms with E-state index in [0.29, 0.717) is 46.8 Å². The number of benzene rings is 2. The van der Waals surface area contributed by atoms with Gasteiger partial charge in [-0.05, 0) is 24.3 Å². The molecule has 1 aliphatic rings. The number of amides is 1. The lowest BCUT2D eigenvalue weighted by Gasteiger charge is -2.18. The molecule has 3 aromatic rings. The van der Waals surface area contributed by atoms with Crippen LogP contribution in [0.2, 0.25) is 0 Å². The van der Waals surface area contributed by atoms with Crippen molar-refractivity contribution in [1.82, 2.24) is 10.1 Å². The van der Waals surface area contributed by atoms with Crippen molar-refractivity contribution in [1.29, 1.82) is 0 Å². The summed E-state index contributed by atoms with van der Waals surface area (Å²) in [5.74, 6) is 3.00. The first-order valence-electron chi connectivity index (χ1n) is 9.65. The van der Waals surface area contributed by atoms with Crippen LogP contribution in [0.1, 0.15) is 18.2 Å². The molecule has 0 spiro atoms. The van der Waals surface area contributed by atoms with Gasteiger partial charge in [-0.15, -0.1) is 0 Å². The zero-order valence-electron chi connectivity index (χ0n) is 17.7. The largest absolute Gasteiger partial charge is 0.497 e. The molecule has 1 saturated heterocycles. The number of carbonyl (C=O) groups excluding carboxylic acids is 1. The summed E-state index contributed by atoms with van der Waals surface area (Å²) >= 11 is 0. The molecule has 1 amide bonds. The minimum atomic E-state index is -0.189. The Hall–Kier alpha value is -3.75. The third-order valence-electron chi connectivity index (χ3n) is 5.21. The fourth-order valence-electron chi connectivity index (χ4n) is 3.57. The molecule has 2 heterocycles. The summed E-state index contributed by atoms with van der Waals surface area (Å²) in [6, 6.07) is 10.7. The molecule has 0 bridgehead atoms. The van der Waals surface area contributed by atoms with Crippen LogP contribution >= 0.6 is 0 Å². The Balaban J connectivity index is 1.56. The predicted molar refractivity (Wildman–Crippen MR) is 112 cm³/mol. The summed E-state index contributed by atoms with van der Waals surface area (Å²) in [6.45, 7) is 0.439. The van der Waals surface area contributed by atoms with Gasteiger partial charge in [0.1, 0.15) is 11.5 Å². The van der Waals surface area contributed by atoms with Crippen LogP contribution in [0.15, 0.2) is 40.9 Å². The van der Waals surface area contributed by atoms with Gasteiger partial charge in [-0.25, -0.2) is 0 Å². The van der Waals surface area contributed by atoms with Crippen LogP contribution in [0.3, 0.4) is 0 Å². The number of carbonyl (C=O) groups is 1. The monoisotopic (exact) mass is 425 g/mol. The summed E-state index contributed by atoms with van der Waals surface area (Å²) in [5, 5.41) is 4.12. The average Bonchev–Trinajstić information content (AvgIpc) is 3.45. The van der Waals surface area contributed by atoms with Gasteiger partial charge in [0.2, 0.25) is 5.91 Å². The van der Waals surface area contributed by atoms with Crippen molar-refractivity contribution in [2.45, 2.75) is 12.3 Å². The third-order valence-corrected chi connectivity index (χ3v) is 5.21. The minimum absolute atomic E-state index is 0.0216. The van der Waals surface area contributed by atoms with Gasteiger partial charge in [-0.3, -0.25) is 4.79 Å². The van der Waals surface area contributed by atoms with Crippen molar-refractivity contribution in [2.24, 2.45) is 0 Å². The second-order valence-corrected chi connectivity index (χ2v) is 7.00. The van der Waals surface area contributed by atoms with Crippen molar-refractivity contribution in [2.75, 3.05) is 39.9 Å². The van der Waals surface area contributed by atoms with E-state index in [-0.39, 0.29) is 18.2 Å². The van der Waals surface area contributed by atoms with Crippen LogP contribution in [-0.2, 0) is 4.79 Å². The number of aromatic nitrogens is 2. The van der Waals surface area contributed by atoms with Crippen molar-refractivity contribution < 1.29 is 28.3 Å². The standard InChI is InChI=1S/C22H23N3O6/c1-27-16-7-13(8-17(11-16)28-2)22-23-21(24-31-22)14-9-20(26)25(12-14)15-5-6-18(29-3)19(10-15)30-4/h5-8,10-11,14H,9,12H2,1-4H3/t14-/m1/s1. The number of methoxy groups -OCH3 is 4. The van der Waals surface area contributed by atoms with Crippen molar-refractivity contribution in [3.05, 3.63) is 42.2 Å². The molecule has 1 fully saturated rings. The lowest BCUT2D eigenvalue weighted by atomic mass is 10.1. The Morgan fingerprint density at radius 2 is 1.65 bits per heavy atom. The number of rotatable bonds is 7. The summed E-state index contributed by atoms with van der Waals surface area (Å²) in [5.41, 5.74) is 1.41. The van der Waals surface area contributed by atoms with Gasteiger partial charge in [-0.1, -0.05) is 5.16 Å². The maximum Gasteiger partial charge on any atom is 0.258 e. The molecule has 31 heavy (non-hydrogen) atoms. The zero-order valence-corrected chi connectivity index (χ0v) is 17.7. The Labute approximate surface area is 179 Å². The first kappa shape index (κ1) is 20.5. The zero-order chi connectivity index (χ0) is 22.0. The van der Waals surface area contributed by atoms with E-state index in [1.165, 1.54) is 0 Å². The lowest BCUT2D eigenvalue weighted by molar-refractivity contribution is -0.117. The van der Waals surface area contributed by atoms with E-state index in [2.05, 4.69) is 10.1 Å². The number of ether oxygens (including phenoxy) is 4. The van der Waals surface area contributed by atoms with Gasteiger partial charge >= 0.3 is 0 Å². The van der Waals surface area contributed by atoms with E-state index in [1.807, 2.05) is 6.07 Å². The van der Waals surface area contributed by atoms with Crippen LogP contribution < -0.4 is 23.8 Å². The smallest absolute Gasteiger partial charge is 0.258 e. The van der Waals surface area contributed by atoms with Gasteiger partial charge < -0.3 is 28.4 Å². The Morgan fingerprint density at radius 1 is 0.935 bits per heavy atom. The summed E-state index contributed by atoms with van der Waals surface area (Å²) in [7, 11) is 6.28. The maximum absolute atomic E-state index is 12.7. The van der Waals surface area contributed by atoms with E-state index in [9.17, 15) is 4.79 Å². The highest BCUT2D eigenvalue weighted by atomic mass is 16.5. The molecule has 4 rings (SSSR count). The molecule has 0 saturated carbocycles. The molecule has 2 aromatic carbocycles. The highest BCUT2D eigenvalue weighted by Gasteiger charge is 2.35. The third kappa shape index (κ3) is 3.98. The molecule has 1 aliphatic heterocycles. The maximum atomic E-state index is 12.7. The number of hydrogen-bond donors (Lipinski definition) is 0. The number of nitrogens with zero attached hydrogens (tertiary/aromatic N) is 3. The fourth-order valence-corrected chi connectivity index (χ4v) is 3.57. The molecule has 162 valence electrons. The normalized spacial score (nSPS) is 15.8. The molecule has 0 unspecified atom stereocenters. The first-order valence-corrected chi connectivity index (χ1v) is 9.65. The van der Waals surface area contributed by atoms with Crippen LogP contribution in [0.4, 0.5) is 5.69 Å². The van der Waals surface area contributed by atoms with E-state index >= 15 is 0 Å². The second kappa shape index (κ2) is 8.55. The molecule has 9 nitrogen and oxygen atoms in total. The quantitative estimate of drug-likeness (QED) is 0.569. The lowest BCUT2D eigenvalue weighted by Crippen LogP contribution is -2.24. The molecule has 0 aliphatic carbocycles. The van der Waals surface area contributed by atoms with Crippen molar-refractivity contribution in [3.63, 3.8) is 0 Å². The van der Waals surface area contributed by atoms with E-state index in [1.54, 1.807) is 63.7 Å². The van der Waals surface area contributed by atoms with Crippen LogP contribution in [0.25, 0.3) is 11.5 Å². The topological polar surface area (TPSA) is 96.2 Å². The van der Waals surface area contributed by atoms with Gasteiger partial charge in [0.25, 0.3) is 5.89 Å². The number of hydrogen-bond acceptors (Lipinski definition) is 8. The fraction of sp³-hybridized carbons (Fsp3) is 0.318. The molecule has 1 atom stereocenters. The Kier molecular flexibility index (Phi) is 5.66. The highest BCUT2D eigenvalue weighted by Crippen LogP contribution is 2.36. The van der Waals surface area contributed by atoms with Gasteiger partial charge in [-0.2, -0.15) is 4.98 Å². The summed E-state index contributed by atoms with van der Waals surface area (Å²) in [6.07, 6.45) is 0.286. The Bertz CT molecular complexity index is 1070. The van der Waals surface area contributed by atoms with Crippen LogP contribution in [0, 0.1) is 0 Å². The molecule has 1 aromatic heterocycles. The Morgan fingerprint density at radius 3 is 2.29 bits per heavy atom. The van der Waals surface area contributed by atoms with E-state index in [0.717, 1.165) is 5.69 Å². The second-order valence-electron chi connectivity index (χ2n) is 7.00. The molecule has 9 heteroatoms. The number of anilines is 1. The first-order chi connectivity index (χ1) is 15.1. The van der Waals surface area contributed by atoms with Crippen LogP contribution in [-0.4, -0.2) is 51.0 Å². The van der Waals surface area contributed by atoms with Gasteiger partial charge in [0.15, 0.2) is 17.3 Å². The van der Waals surface area contributed by atoms with E-state index in [4.69, 9.17) is 23.5 Å². The molecule has 0 radical (unpaired) electrons.